The number of nitrogens with zero attached hydrogens (tertiary/aromatic N) is 2. The van der Waals surface area contributed by atoms with Crippen molar-refractivity contribution >= 4 is 11.6 Å². The van der Waals surface area contributed by atoms with Crippen molar-refractivity contribution in [1.82, 2.24) is 9.88 Å². The summed E-state index contributed by atoms with van der Waals surface area (Å²) in [5.41, 5.74) is 1.14. The monoisotopic (exact) mass is 240 g/mol. The van der Waals surface area contributed by atoms with Crippen LogP contribution in [0.15, 0.2) is 18.3 Å². The number of likely N-dealkylation sites (tertiary alicyclic amines) is 1. The molecule has 2 heterocycles. The van der Waals surface area contributed by atoms with E-state index >= 15 is 0 Å². The van der Waals surface area contributed by atoms with E-state index in [4.69, 9.17) is 16.3 Å². The quantitative estimate of drug-likeness (QED) is 0.756. The predicted octanol–water partition coefficient (Wildman–Crippen LogP) is 2.29. The van der Waals surface area contributed by atoms with Gasteiger partial charge in [0.25, 0.3) is 0 Å². The normalized spacial score (nSPS) is 21.2. The molecule has 0 bridgehead atoms. The van der Waals surface area contributed by atoms with E-state index in [1.165, 1.54) is 12.8 Å². The zero-order valence-electron chi connectivity index (χ0n) is 9.53. The van der Waals surface area contributed by atoms with Gasteiger partial charge in [-0.25, -0.2) is 4.98 Å². The van der Waals surface area contributed by atoms with Crippen LogP contribution < -0.4 is 4.74 Å². The zero-order chi connectivity index (χ0) is 11.4. The van der Waals surface area contributed by atoms with Gasteiger partial charge in [-0.15, -0.1) is 11.6 Å². The number of hydrogen-bond donors (Lipinski definition) is 0. The van der Waals surface area contributed by atoms with Crippen molar-refractivity contribution in [3.63, 3.8) is 0 Å². The van der Waals surface area contributed by atoms with Gasteiger partial charge >= 0.3 is 0 Å². The summed E-state index contributed by atoms with van der Waals surface area (Å²) in [6.45, 7) is 2.00. The molecule has 3 nitrogen and oxygen atoms in total. The minimum atomic E-state index is 0.506. The molecule has 1 unspecified atom stereocenters. The summed E-state index contributed by atoms with van der Waals surface area (Å²) >= 11 is 5.95. The van der Waals surface area contributed by atoms with Gasteiger partial charge in [0.2, 0.25) is 5.88 Å². The molecule has 0 spiro atoms. The summed E-state index contributed by atoms with van der Waals surface area (Å²) in [5, 5.41) is 0. The Hall–Kier alpha value is -0.800. The van der Waals surface area contributed by atoms with Crippen LogP contribution in [0.3, 0.4) is 0 Å². The Kier molecular flexibility index (Phi) is 4.02. The lowest BCUT2D eigenvalue weighted by Gasteiger charge is -2.22. The number of pyridine rings is 1. The smallest absolute Gasteiger partial charge is 0.217 e. The van der Waals surface area contributed by atoms with E-state index in [2.05, 4.69) is 16.0 Å². The number of hydrogen-bond acceptors (Lipinski definition) is 3. The first-order valence-corrected chi connectivity index (χ1v) is 6.16. The maximum absolute atomic E-state index is 5.95. The van der Waals surface area contributed by atoms with Gasteiger partial charge in [-0.05, 0) is 25.5 Å². The van der Waals surface area contributed by atoms with Crippen LogP contribution in [0.5, 0.6) is 5.88 Å². The fraction of sp³-hybridized carbons (Fsp3) is 0.583. The molecule has 4 heteroatoms. The molecule has 0 radical (unpaired) electrons. The van der Waals surface area contributed by atoms with E-state index in [0.717, 1.165) is 24.5 Å². The SMILES string of the molecule is COc1ncccc1CN1CCCC1CCl. The number of aromatic nitrogens is 1. The third-order valence-electron chi connectivity index (χ3n) is 3.09. The Morgan fingerprint density at radius 2 is 2.50 bits per heavy atom. The second-order valence-electron chi connectivity index (χ2n) is 4.09. The number of ether oxygens (including phenoxy) is 1. The minimum absolute atomic E-state index is 0.506. The van der Waals surface area contributed by atoms with E-state index in [-0.39, 0.29) is 0 Å². The highest BCUT2D eigenvalue weighted by Crippen LogP contribution is 2.23. The molecule has 0 N–H and O–H groups in total. The standard InChI is InChI=1S/C12H17ClN2O/c1-16-12-10(4-2-6-14-12)9-15-7-3-5-11(15)8-13/h2,4,6,11H,3,5,7-9H2,1H3. The summed E-state index contributed by atoms with van der Waals surface area (Å²) in [7, 11) is 1.66. The summed E-state index contributed by atoms with van der Waals surface area (Å²) in [6, 6.07) is 4.52. The molecule has 0 aliphatic carbocycles. The van der Waals surface area contributed by atoms with Crippen molar-refractivity contribution in [2.24, 2.45) is 0 Å². The Bertz CT molecular complexity index is 346. The van der Waals surface area contributed by atoms with Gasteiger partial charge in [-0.3, -0.25) is 4.90 Å². The maximum atomic E-state index is 5.95. The Morgan fingerprint density at radius 1 is 1.62 bits per heavy atom. The fourth-order valence-corrected chi connectivity index (χ4v) is 2.57. The van der Waals surface area contributed by atoms with E-state index in [0.29, 0.717) is 11.9 Å². The van der Waals surface area contributed by atoms with Gasteiger partial charge < -0.3 is 4.74 Å². The molecular weight excluding hydrogens is 224 g/mol. The molecule has 88 valence electrons. The van der Waals surface area contributed by atoms with Crippen molar-refractivity contribution < 1.29 is 4.74 Å². The average Bonchev–Trinajstić information content (AvgIpc) is 2.77. The highest BCUT2D eigenvalue weighted by Gasteiger charge is 2.24. The number of rotatable bonds is 4. The van der Waals surface area contributed by atoms with E-state index in [9.17, 15) is 0 Å². The molecule has 16 heavy (non-hydrogen) atoms. The van der Waals surface area contributed by atoms with Gasteiger partial charge in [0, 0.05) is 30.2 Å². The van der Waals surface area contributed by atoms with E-state index < -0.39 is 0 Å². The molecule has 1 saturated heterocycles. The molecule has 1 aromatic rings. The van der Waals surface area contributed by atoms with E-state index in [1.807, 2.05) is 6.07 Å². The van der Waals surface area contributed by atoms with Crippen LogP contribution in [0.1, 0.15) is 18.4 Å². The Morgan fingerprint density at radius 3 is 3.25 bits per heavy atom. The third-order valence-corrected chi connectivity index (χ3v) is 3.45. The van der Waals surface area contributed by atoms with E-state index in [1.54, 1.807) is 13.3 Å². The number of alkyl halides is 1. The van der Waals surface area contributed by atoms with Gasteiger partial charge in [0.05, 0.1) is 7.11 Å². The fourth-order valence-electron chi connectivity index (χ4n) is 2.23. The molecule has 1 aliphatic rings. The van der Waals surface area contributed by atoms with Crippen LogP contribution >= 0.6 is 11.6 Å². The molecule has 0 saturated carbocycles. The summed E-state index contributed by atoms with van der Waals surface area (Å²) in [4.78, 5) is 6.62. The summed E-state index contributed by atoms with van der Waals surface area (Å²) in [5.74, 6) is 1.44. The average molecular weight is 241 g/mol. The number of halogens is 1. The van der Waals surface area contributed by atoms with Crippen LogP contribution in [0.4, 0.5) is 0 Å². The third kappa shape index (κ3) is 2.47. The van der Waals surface area contributed by atoms with Crippen molar-refractivity contribution in [1.29, 1.82) is 0 Å². The van der Waals surface area contributed by atoms with Crippen molar-refractivity contribution in [3.8, 4) is 5.88 Å². The van der Waals surface area contributed by atoms with Crippen LogP contribution in [0.25, 0.3) is 0 Å². The van der Waals surface area contributed by atoms with Gasteiger partial charge in [-0.2, -0.15) is 0 Å². The lowest BCUT2D eigenvalue weighted by Crippen LogP contribution is -2.30. The highest BCUT2D eigenvalue weighted by molar-refractivity contribution is 6.18. The van der Waals surface area contributed by atoms with Crippen LogP contribution in [0.2, 0.25) is 0 Å². The van der Waals surface area contributed by atoms with Crippen LogP contribution in [-0.2, 0) is 6.54 Å². The minimum Gasteiger partial charge on any atom is -0.481 e. The van der Waals surface area contributed by atoms with Crippen molar-refractivity contribution in [2.75, 3.05) is 19.5 Å². The van der Waals surface area contributed by atoms with Crippen LogP contribution in [0, 0.1) is 0 Å². The first-order chi connectivity index (χ1) is 7.85. The lowest BCUT2D eigenvalue weighted by atomic mass is 10.2. The molecule has 0 amide bonds. The van der Waals surface area contributed by atoms with Gasteiger partial charge in [0.1, 0.15) is 0 Å². The molecule has 2 rings (SSSR count). The second kappa shape index (κ2) is 5.51. The predicted molar refractivity (Wildman–Crippen MR) is 64.9 cm³/mol. The molecule has 1 aromatic heterocycles. The Balaban J connectivity index is 2.08. The van der Waals surface area contributed by atoms with Crippen molar-refractivity contribution in [2.45, 2.75) is 25.4 Å². The number of methoxy groups -OCH3 is 1. The molecule has 0 aromatic carbocycles. The topological polar surface area (TPSA) is 25.4 Å². The van der Waals surface area contributed by atoms with Crippen LogP contribution in [-0.4, -0.2) is 35.5 Å². The largest absolute Gasteiger partial charge is 0.481 e. The summed E-state index contributed by atoms with van der Waals surface area (Å²) in [6.07, 6.45) is 4.19. The lowest BCUT2D eigenvalue weighted by molar-refractivity contribution is 0.257. The first kappa shape index (κ1) is 11.7. The second-order valence-corrected chi connectivity index (χ2v) is 4.40. The van der Waals surface area contributed by atoms with Gasteiger partial charge in [-0.1, -0.05) is 6.07 Å². The first-order valence-electron chi connectivity index (χ1n) is 5.63. The highest BCUT2D eigenvalue weighted by atomic mass is 35.5. The molecular formula is C12H17ClN2O. The zero-order valence-corrected chi connectivity index (χ0v) is 10.3. The molecule has 1 atom stereocenters. The summed E-state index contributed by atoms with van der Waals surface area (Å²) < 4.78 is 5.25. The Labute approximate surface area is 101 Å². The molecule has 1 aliphatic heterocycles. The van der Waals surface area contributed by atoms with Crippen molar-refractivity contribution in [3.05, 3.63) is 23.9 Å². The van der Waals surface area contributed by atoms with Gasteiger partial charge in [0.15, 0.2) is 0 Å². The maximum Gasteiger partial charge on any atom is 0.217 e. The molecule has 1 fully saturated rings.